The van der Waals surface area contributed by atoms with E-state index in [1.807, 2.05) is 36.4 Å². The van der Waals surface area contributed by atoms with E-state index >= 15 is 0 Å². The van der Waals surface area contributed by atoms with E-state index in [9.17, 15) is 14.9 Å². The molecule has 0 radical (unpaired) electrons. The number of benzene rings is 2. The van der Waals surface area contributed by atoms with Gasteiger partial charge in [-0.25, -0.2) is 0 Å². The van der Waals surface area contributed by atoms with Gasteiger partial charge in [0.05, 0.1) is 17.7 Å². The fourth-order valence-corrected chi connectivity index (χ4v) is 3.37. The van der Waals surface area contributed by atoms with Gasteiger partial charge in [-0.2, -0.15) is 0 Å². The van der Waals surface area contributed by atoms with Gasteiger partial charge in [-0.1, -0.05) is 30.3 Å². The number of para-hydroxylation sites is 1. The zero-order valence-corrected chi connectivity index (χ0v) is 16.5. The Morgan fingerprint density at radius 1 is 1.03 bits per heavy atom. The van der Waals surface area contributed by atoms with E-state index in [2.05, 4.69) is 10.2 Å². The quantitative estimate of drug-likeness (QED) is 0.424. The van der Waals surface area contributed by atoms with Crippen LogP contribution in [0.15, 0.2) is 71.3 Å². The minimum Gasteiger partial charge on any atom is -0.468 e. The molecule has 1 heterocycles. The third kappa shape index (κ3) is 5.12. The average Bonchev–Trinajstić information content (AvgIpc) is 3.40. The summed E-state index contributed by atoms with van der Waals surface area (Å²) >= 11 is 0. The molecule has 7 nitrogen and oxygen atoms in total. The summed E-state index contributed by atoms with van der Waals surface area (Å²) < 4.78 is 5.48. The van der Waals surface area contributed by atoms with Gasteiger partial charge < -0.3 is 9.73 Å². The zero-order chi connectivity index (χ0) is 20.9. The maximum Gasteiger partial charge on any atom is 0.273 e. The predicted molar refractivity (Wildman–Crippen MR) is 112 cm³/mol. The standard InChI is InChI=1S/C23H23N3O4/c27-23(24-20-11-12-20)18-9-7-17(8-10-18)14-25(16-21-5-3-13-30-21)15-19-4-1-2-6-22(19)26(28)29/h1-10,13,20H,11-12,14-16H2,(H,24,27). The fourth-order valence-electron chi connectivity index (χ4n) is 3.37. The number of nitro groups is 1. The Bertz CT molecular complexity index is 1010. The van der Waals surface area contributed by atoms with Crippen molar-refractivity contribution in [1.29, 1.82) is 0 Å². The third-order valence-electron chi connectivity index (χ3n) is 5.08. The summed E-state index contributed by atoms with van der Waals surface area (Å²) in [4.78, 5) is 25.3. The molecule has 0 atom stereocenters. The molecular weight excluding hydrogens is 382 g/mol. The number of carbonyl (C=O) groups is 1. The highest BCUT2D eigenvalue weighted by Crippen LogP contribution is 2.23. The van der Waals surface area contributed by atoms with Crippen molar-refractivity contribution in [3.63, 3.8) is 0 Å². The van der Waals surface area contributed by atoms with Crippen molar-refractivity contribution < 1.29 is 14.1 Å². The van der Waals surface area contributed by atoms with Crippen LogP contribution in [0.1, 0.15) is 40.1 Å². The first-order valence-corrected chi connectivity index (χ1v) is 9.95. The van der Waals surface area contributed by atoms with E-state index in [1.54, 1.807) is 24.5 Å². The molecule has 30 heavy (non-hydrogen) atoms. The highest BCUT2D eigenvalue weighted by atomic mass is 16.6. The lowest BCUT2D eigenvalue weighted by molar-refractivity contribution is -0.385. The molecule has 0 aliphatic heterocycles. The Morgan fingerprint density at radius 3 is 2.47 bits per heavy atom. The molecule has 154 valence electrons. The van der Waals surface area contributed by atoms with Crippen LogP contribution in [0.2, 0.25) is 0 Å². The SMILES string of the molecule is O=C(NC1CC1)c1ccc(CN(Cc2ccco2)Cc2ccccc2[N+](=O)[O-])cc1. The average molecular weight is 405 g/mol. The minimum atomic E-state index is -0.353. The largest absolute Gasteiger partial charge is 0.468 e. The molecule has 7 heteroatoms. The van der Waals surface area contributed by atoms with E-state index in [0.717, 1.165) is 24.2 Å². The van der Waals surface area contributed by atoms with Crippen LogP contribution in [0, 0.1) is 10.1 Å². The summed E-state index contributed by atoms with van der Waals surface area (Å²) in [6.07, 6.45) is 3.72. The van der Waals surface area contributed by atoms with Gasteiger partial charge in [-0.15, -0.1) is 0 Å². The lowest BCUT2D eigenvalue weighted by Gasteiger charge is -2.21. The lowest BCUT2D eigenvalue weighted by atomic mass is 10.1. The van der Waals surface area contributed by atoms with Crippen molar-refractivity contribution in [3.8, 4) is 0 Å². The summed E-state index contributed by atoms with van der Waals surface area (Å²) in [5, 5.41) is 14.4. The Morgan fingerprint density at radius 2 is 1.80 bits per heavy atom. The van der Waals surface area contributed by atoms with Crippen LogP contribution in [0.5, 0.6) is 0 Å². The van der Waals surface area contributed by atoms with Gasteiger partial charge in [0.1, 0.15) is 5.76 Å². The number of carbonyl (C=O) groups excluding carboxylic acids is 1. The summed E-state index contributed by atoms with van der Waals surface area (Å²) in [5.74, 6) is 0.741. The number of hydrogen-bond donors (Lipinski definition) is 1. The van der Waals surface area contributed by atoms with Crippen molar-refractivity contribution in [2.45, 2.75) is 38.5 Å². The summed E-state index contributed by atoms with van der Waals surface area (Å²) in [6, 6.07) is 18.3. The molecule has 1 aliphatic rings. The Labute approximate surface area is 174 Å². The van der Waals surface area contributed by atoms with Crippen LogP contribution < -0.4 is 5.32 Å². The van der Waals surface area contributed by atoms with Gasteiger partial charge in [-0.3, -0.25) is 19.8 Å². The van der Waals surface area contributed by atoms with Crippen molar-refractivity contribution in [3.05, 3.63) is 99.5 Å². The first kappa shape index (κ1) is 19.8. The molecule has 0 unspecified atom stereocenters. The van der Waals surface area contributed by atoms with Crippen LogP contribution in [-0.2, 0) is 19.6 Å². The van der Waals surface area contributed by atoms with Gasteiger partial charge >= 0.3 is 0 Å². The lowest BCUT2D eigenvalue weighted by Crippen LogP contribution is -2.25. The highest BCUT2D eigenvalue weighted by Gasteiger charge is 2.23. The molecule has 0 saturated heterocycles. The topological polar surface area (TPSA) is 88.6 Å². The number of amides is 1. The Balaban J connectivity index is 1.50. The van der Waals surface area contributed by atoms with Gasteiger partial charge in [0, 0.05) is 36.3 Å². The van der Waals surface area contributed by atoms with Gasteiger partial charge in [0.25, 0.3) is 11.6 Å². The van der Waals surface area contributed by atoms with E-state index in [-0.39, 0.29) is 16.5 Å². The third-order valence-corrected chi connectivity index (χ3v) is 5.08. The fraction of sp³-hybridized carbons (Fsp3) is 0.261. The smallest absolute Gasteiger partial charge is 0.273 e. The van der Waals surface area contributed by atoms with E-state index in [4.69, 9.17) is 4.42 Å². The molecule has 1 aliphatic carbocycles. The van der Waals surface area contributed by atoms with Crippen LogP contribution >= 0.6 is 0 Å². The molecular formula is C23H23N3O4. The minimum absolute atomic E-state index is 0.0450. The van der Waals surface area contributed by atoms with Crippen molar-refractivity contribution in [1.82, 2.24) is 10.2 Å². The number of nitrogens with zero attached hydrogens (tertiary/aromatic N) is 2. The van der Waals surface area contributed by atoms with Crippen molar-refractivity contribution in [2.75, 3.05) is 0 Å². The van der Waals surface area contributed by atoms with Gasteiger partial charge in [0.15, 0.2) is 0 Å². The number of furan rings is 1. The van der Waals surface area contributed by atoms with Crippen LogP contribution in [-0.4, -0.2) is 21.8 Å². The molecule has 2 aromatic carbocycles. The second kappa shape index (κ2) is 8.92. The summed E-state index contributed by atoms with van der Waals surface area (Å²) in [6.45, 7) is 1.49. The summed E-state index contributed by atoms with van der Waals surface area (Å²) in [5.41, 5.74) is 2.41. The molecule has 4 rings (SSSR count). The number of nitro benzene ring substituents is 1. The van der Waals surface area contributed by atoms with E-state index < -0.39 is 0 Å². The molecule has 1 aromatic heterocycles. The monoisotopic (exact) mass is 405 g/mol. The predicted octanol–water partition coefficient (Wildman–Crippen LogP) is 4.28. The molecule has 0 spiro atoms. The molecule has 0 bridgehead atoms. The van der Waals surface area contributed by atoms with E-state index in [1.165, 1.54) is 6.07 Å². The molecule has 3 aromatic rings. The number of rotatable bonds is 9. The van der Waals surface area contributed by atoms with Crippen LogP contribution in [0.3, 0.4) is 0 Å². The first-order chi connectivity index (χ1) is 14.6. The van der Waals surface area contributed by atoms with Crippen molar-refractivity contribution in [2.24, 2.45) is 0 Å². The first-order valence-electron chi connectivity index (χ1n) is 9.95. The van der Waals surface area contributed by atoms with Crippen LogP contribution in [0.4, 0.5) is 5.69 Å². The Kier molecular flexibility index (Phi) is 5.90. The molecule has 1 fully saturated rings. The van der Waals surface area contributed by atoms with Crippen LogP contribution in [0.25, 0.3) is 0 Å². The second-order valence-electron chi connectivity index (χ2n) is 7.56. The molecule has 1 N–H and O–H groups in total. The molecule has 1 amide bonds. The normalized spacial score (nSPS) is 13.4. The molecule has 1 saturated carbocycles. The summed E-state index contributed by atoms with van der Waals surface area (Å²) in [7, 11) is 0. The maximum absolute atomic E-state index is 12.2. The zero-order valence-electron chi connectivity index (χ0n) is 16.5. The van der Waals surface area contributed by atoms with E-state index in [0.29, 0.717) is 36.8 Å². The Hall–Kier alpha value is -3.45. The number of nitrogens with one attached hydrogen (secondary N) is 1. The van der Waals surface area contributed by atoms with Crippen molar-refractivity contribution >= 4 is 11.6 Å². The number of hydrogen-bond acceptors (Lipinski definition) is 5. The second-order valence-corrected chi connectivity index (χ2v) is 7.56. The highest BCUT2D eigenvalue weighted by molar-refractivity contribution is 5.94. The van der Waals surface area contributed by atoms with Gasteiger partial charge in [0.2, 0.25) is 0 Å². The van der Waals surface area contributed by atoms with Gasteiger partial charge in [-0.05, 0) is 42.7 Å². The maximum atomic E-state index is 12.2.